The maximum Gasteiger partial charge on any atom is 0.244 e. The molecule has 0 saturated carbocycles. The molecule has 140 valence electrons. The monoisotopic (exact) mass is 377 g/mol. The molecule has 0 aromatic carbocycles. The molecule has 0 aliphatic carbocycles. The minimum atomic E-state index is 0.0799. The van der Waals surface area contributed by atoms with Gasteiger partial charge in [0.1, 0.15) is 6.54 Å². The van der Waals surface area contributed by atoms with Gasteiger partial charge in [0.15, 0.2) is 5.82 Å². The number of carbonyl (C=O) groups is 1. The first-order chi connectivity index (χ1) is 12.7. The standard InChI is InChI=1S/C17H24ClN7O/c18-14-9-20-25(11-14)12-17(26)24-5-1-2-13(10-24)15-8-16(22-21-15)23-6-3-19-4-7-23/h8-9,11,13,19H,1-7,10,12H2,(H,21,22). The summed E-state index contributed by atoms with van der Waals surface area (Å²) in [4.78, 5) is 16.8. The van der Waals surface area contributed by atoms with E-state index in [1.807, 2.05) is 4.90 Å². The fraction of sp³-hybridized carbons (Fsp3) is 0.588. The number of H-pyrrole nitrogens is 1. The van der Waals surface area contributed by atoms with Gasteiger partial charge in [-0.3, -0.25) is 14.6 Å². The summed E-state index contributed by atoms with van der Waals surface area (Å²) >= 11 is 5.87. The van der Waals surface area contributed by atoms with E-state index in [2.05, 4.69) is 31.6 Å². The lowest BCUT2D eigenvalue weighted by Gasteiger charge is -2.32. The highest BCUT2D eigenvalue weighted by atomic mass is 35.5. The molecule has 4 heterocycles. The van der Waals surface area contributed by atoms with Gasteiger partial charge in [-0.15, -0.1) is 0 Å². The van der Waals surface area contributed by atoms with Crippen LogP contribution in [-0.4, -0.2) is 70.1 Å². The molecule has 2 aliphatic heterocycles. The molecule has 1 unspecified atom stereocenters. The van der Waals surface area contributed by atoms with Crippen LogP contribution in [0.2, 0.25) is 5.02 Å². The van der Waals surface area contributed by atoms with E-state index in [0.29, 0.717) is 10.9 Å². The number of aromatic amines is 1. The third-order valence-corrected chi connectivity index (χ3v) is 5.33. The number of halogens is 1. The number of carbonyl (C=O) groups excluding carboxylic acids is 1. The molecule has 2 aromatic heterocycles. The van der Waals surface area contributed by atoms with Gasteiger partial charge in [-0.1, -0.05) is 11.6 Å². The van der Waals surface area contributed by atoms with Crippen LogP contribution in [0.1, 0.15) is 24.5 Å². The molecule has 1 amide bonds. The van der Waals surface area contributed by atoms with Crippen molar-refractivity contribution in [2.45, 2.75) is 25.3 Å². The molecule has 2 fully saturated rings. The van der Waals surface area contributed by atoms with Crippen molar-refractivity contribution in [1.29, 1.82) is 0 Å². The number of aromatic nitrogens is 4. The van der Waals surface area contributed by atoms with Gasteiger partial charge in [0.05, 0.1) is 11.2 Å². The van der Waals surface area contributed by atoms with Gasteiger partial charge in [0.25, 0.3) is 0 Å². The van der Waals surface area contributed by atoms with Crippen LogP contribution in [-0.2, 0) is 11.3 Å². The number of anilines is 1. The SMILES string of the molecule is O=C(Cn1cc(Cl)cn1)N1CCCC(c2cc(N3CCNCC3)n[nH]2)C1. The van der Waals surface area contributed by atoms with E-state index in [0.717, 1.165) is 63.6 Å². The van der Waals surface area contributed by atoms with Gasteiger partial charge in [0, 0.05) is 63.1 Å². The van der Waals surface area contributed by atoms with Gasteiger partial charge in [-0.25, -0.2) is 0 Å². The average molecular weight is 378 g/mol. The van der Waals surface area contributed by atoms with E-state index in [4.69, 9.17) is 11.6 Å². The van der Waals surface area contributed by atoms with Crippen molar-refractivity contribution in [2.24, 2.45) is 0 Å². The second kappa shape index (κ2) is 7.67. The first-order valence-corrected chi connectivity index (χ1v) is 9.53. The molecule has 2 aromatic rings. The Bertz CT molecular complexity index is 752. The van der Waals surface area contributed by atoms with Crippen LogP contribution in [0.5, 0.6) is 0 Å². The van der Waals surface area contributed by atoms with E-state index in [-0.39, 0.29) is 12.5 Å². The normalized spacial score (nSPS) is 21.2. The summed E-state index contributed by atoms with van der Waals surface area (Å²) < 4.78 is 1.59. The fourth-order valence-corrected chi connectivity index (χ4v) is 3.87. The van der Waals surface area contributed by atoms with E-state index in [9.17, 15) is 4.79 Å². The summed E-state index contributed by atoms with van der Waals surface area (Å²) in [5, 5.41) is 15.7. The van der Waals surface area contributed by atoms with E-state index in [1.54, 1.807) is 17.1 Å². The van der Waals surface area contributed by atoms with Crippen molar-refractivity contribution in [2.75, 3.05) is 44.2 Å². The summed E-state index contributed by atoms with van der Waals surface area (Å²) in [6.45, 7) is 5.68. The molecule has 26 heavy (non-hydrogen) atoms. The van der Waals surface area contributed by atoms with Crippen molar-refractivity contribution in [3.63, 3.8) is 0 Å². The van der Waals surface area contributed by atoms with Crippen LogP contribution in [0.4, 0.5) is 5.82 Å². The number of amides is 1. The zero-order chi connectivity index (χ0) is 17.9. The Kier molecular flexibility index (Phi) is 5.12. The number of nitrogens with zero attached hydrogens (tertiary/aromatic N) is 5. The highest BCUT2D eigenvalue weighted by molar-refractivity contribution is 6.30. The Morgan fingerprint density at radius 1 is 1.31 bits per heavy atom. The van der Waals surface area contributed by atoms with Crippen LogP contribution in [0.25, 0.3) is 0 Å². The first kappa shape index (κ1) is 17.4. The molecule has 4 rings (SSSR count). The van der Waals surface area contributed by atoms with Gasteiger partial charge in [0.2, 0.25) is 5.91 Å². The molecule has 1 atom stereocenters. The smallest absolute Gasteiger partial charge is 0.244 e. The Labute approximate surface area is 157 Å². The van der Waals surface area contributed by atoms with Crippen molar-refractivity contribution in [3.05, 3.63) is 29.2 Å². The third kappa shape index (κ3) is 3.86. The first-order valence-electron chi connectivity index (χ1n) is 9.16. The van der Waals surface area contributed by atoms with Gasteiger partial charge < -0.3 is 15.1 Å². The summed E-state index contributed by atoms with van der Waals surface area (Å²) in [5.41, 5.74) is 1.12. The highest BCUT2D eigenvalue weighted by Crippen LogP contribution is 2.28. The Morgan fingerprint density at radius 2 is 2.15 bits per heavy atom. The van der Waals surface area contributed by atoms with E-state index < -0.39 is 0 Å². The van der Waals surface area contributed by atoms with Crippen molar-refractivity contribution in [3.8, 4) is 0 Å². The molecule has 9 heteroatoms. The predicted molar refractivity (Wildman–Crippen MR) is 99.5 cm³/mol. The molecular weight excluding hydrogens is 354 g/mol. The van der Waals surface area contributed by atoms with Crippen LogP contribution in [0.15, 0.2) is 18.5 Å². The molecule has 2 aliphatic rings. The molecule has 0 bridgehead atoms. The number of piperazine rings is 1. The van der Waals surface area contributed by atoms with Crippen LogP contribution < -0.4 is 10.2 Å². The average Bonchev–Trinajstić information content (AvgIpc) is 3.32. The topological polar surface area (TPSA) is 82.1 Å². The number of rotatable bonds is 4. The van der Waals surface area contributed by atoms with Crippen LogP contribution in [0, 0.1) is 0 Å². The van der Waals surface area contributed by atoms with Crippen molar-refractivity contribution < 1.29 is 4.79 Å². The van der Waals surface area contributed by atoms with E-state index >= 15 is 0 Å². The molecule has 2 saturated heterocycles. The maximum absolute atomic E-state index is 12.6. The minimum absolute atomic E-state index is 0.0799. The lowest BCUT2D eigenvalue weighted by molar-refractivity contribution is -0.133. The van der Waals surface area contributed by atoms with Crippen LogP contribution in [0.3, 0.4) is 0 Å². The van der Waals surface area contributed by atoms with Crippen LogP contribution >= 0.6 is 11.6 Å². The molecule has 0 spiro atoms. The molecule has 0 radical (unpaired) electrons. The van der Waals surface area contributed by atoms with E-state index in [1.165, 1.54) is 0 Å². The zero-order valence-corrected chi connectivity index (χ0v) is 15.5. The molecule has 2 N–H and O–H groups in total. The summed E-state index contributed by atoms with van der Waals surface area (Å²) in [6, 6.07) is 2.15. The number of nitrogens with one attached hydrogen (secondary N) is 2. The zero-order valence-electron chi connectivity index (χ0n) is 14.7. The molecule has 8 nitrogen and oxygen atoms in total. The number of hydrogen-bond donors (Lipinski definition) is 2. The quantitative estimate of drug-likeness (QED) is 0.833. The van der Waals surface area contributed by atoms with Crippen molar-refractivity contribution in [1.82, 2.24) is 30.2 Å². The Morgan fingerprint density at radius 3 is 2.92 bits per heavy atom. The lowest BCUT2D eigenvalue weighted by Crippen LogP contribution is -2.43. The second-order valence-corrected chi connectivity index (χ2v) is 7.39. The largest absolute Gasteiger partial charge is 0.353 e. The highest BCUT2D eigenvalue weighted by Gasteiger charge is 2.27. The molecular formula is C17H24ClN7O. The fourth-order valence-electron chi connectivity index (χ4n) is 3.71. The lowest BCUT2D eigenvalue weighted by atomic mass is 9.94. The van der Waals surface area contributed by atoms with Gasteiger partial charge >= 0.3 is 0 Å². The van der Waals surface area contributed by atoms with Gasteiger partial charge in [-0.2, -0.15) is 10.2 Å². The summed E-state index contributed by atoms with van der Waals surface area (Å²) in [5.74, 6) is 1.39. The maximum atomic E-state index is 12.6. The summed E-state index contributed by atoms with van der Waals surface area (Å²) in [7, 11) is 0. The summed E-state index contributed by atoms with van der Waals surface area (Å²) in [6.07, 6.45) is 5.30. The Balaban J connectivity index is 1.38. The number of hydrogen-bond acceptors (Lipinski definition) is 5. The number of piperidine rings is 1. The van der Waals surface area contributed by atoms with Gasteiger partial charge in [-0.05, 0) is 12.8 Å². The third-order valence-electron chi connectivity index (χ3n) is 5.14. The predicted octanol–water partition coefficient (Wildman–Crippen LogP) is 1.08. The number of likely N-dealkylation sites (tertiary alicyclic amines) is 1. The Hall–Kier alpha value is -2.06. The van der Waals surface area contributed by atoms with Crippen molar-refractivity contribution >= 4 is 23.3 Å². The second-order valence-electron chi connectivity index (χ2n) is 6.95. The minimum Gasteiger partial charge on any atom is -0.353 e.